The molecule has 0 saturated carbocycles. The smallest absolute Gasteiger partial charge is 0.201 e. The molecule has 5 nitrogen and oxygen atoms in total. The van der Waals surface area contributed by atoms with Crippen LogP contribution in [0.3, 0.4) is 0 Å². The lowest BCUT2D eigenvalue weighted by molar-refractivity contribution is 1.06. The van der Waals surface area contributed by atoms with Gasteiger partial charge >= 0.3 is 0 Å². The average Bonchev–Trinajstić information content (AvgIpc) is 2.39. The van der Waals surface area contributed by atoms with Gasteiger partial charge < -0.3 is 5.73 Å². The molecule has 0 atom stereocenters. The average molecular weight is 257 g/mol. The molecule has 0 amide bonds. The van der Waals surface area contributed by atoms with Gasteiger partial charge in [0.15, 0.2) is 5.84 Å². The normalized spacial score (nSPS) is 10.9. The molecule has 19 heavy (non-hydrogen) atoms. The predicted molar refractivity (Wildman–Crippen MR) is 78.5 cm³/mol. The first-order valence-electron chi connectivity index (χ1n) is 6.24. The minimum atomic E-state index is -0.335. The zero-order valence-corrected chi connectivity index (χ0v) is 11.5. The molecular formula is C14H19N5. The number of amidine groups is 1. The third-order valence-electron chi connectivity index (χ3n) is 2.85. The van der Waals surface area contributed by atoms with Crippen LogP contribution in [0, 0.1) is 23.7 Å². The minimum absolute atomic E-state index is 0.107. The van der Waals surface area contributed by atoms with Crippen LogP contribution in [0.5, 0.6) is 0 Å². The number of nitrogens with zero attached hydrogens (tertiary/aromatic N) is 2. The quantitative estimate of drug-likeness (QED) is 0.429. The van der Waals surface area contributed by atoms with Crippen LogP contribution in [0.25, 0.3) is 0 Å². The van der Waals surface area contributed by atoms with Gasteiger partial charge in [0.1, 0.15) is 6.07 Å². The summed E-state index contributed by atoms with van der Waals surface area (Å²) in [7, 11) is 0. The summed E-state index contributed by atoms with van der Waals surface area (Å²) in [5, 5.41) is 20.0. The van der Waals surface area contributed by atoms with E-state index in [1.165, 1.54) is 5.56 Å². The Morgan fingerprint density at radius 2 is 1.89 bits per heavy atom. The van der Waals surface area contributed by atoms with Crippen LogP contribution >= 0.6 is 0 Å². The highest BCUT2D eigenvalue weighted by atomic mass is 15.3. The Labute approximate surface area is 113 Å². The highest BCUT2D eigenvalue weighted by molar-refractivity contribution is 6.45. The second-order valence-electron chi connectivity index (χ2n) is 4.26. The van der Waals surface area contributed by atoms with Crippen molar-refractivity contribution in [3.8, 4) is 6.07 Å². The number of aryl methyl sites for hydroxylation is 3. The molecule has 0 saturated heterocycles. The third kappa shape index (κ3) is 3.55. The Morgan fingerprint density at radius 3 is 2.26 bits per heavy atom. The fourth-order valence-electron chi connectivity index (χ4n) is 1.90. The fraction of sp³-hybridized carbons (Fsp3) is 0.357. The van der Waals surface area contributed by atoms with E-state index in [4.69, 9.17) is 16.4 Å². The maximum Gasteiger partial charge on any atom is 0.201 e. The maximum absolute atomic E-state index is 8.83. The monoisotopic (exact) mass is 257 g/mol. The summed E-state index contributed by atoms with van der Waals surface area (Å²) in [5.41, 5.74) is 12.4. The lowest BCUT2D eigenvalue weighted by Crippen LogP contribution is -2.22. The molecule has 0 bridgehead atoms. The molecule has 0 spiro atoms. The van der Waals surface area contributed by atoms with Crippen LogP contribution in [-0.2, 0) is 12.8 Å². The molecule has 5 heteroatoms. The van der Waals surface area contributed by atoms with E-state index in [0.717, 1.165) is 29.7 Å². The number of benzene rings is 1. The number of hydrazone groups is 1. The standard InChI is InChI=1S/C14H19N5/c1-4-10-6-9(3)7-11(5-2)13(10)19-18-12(8-15)14(16)17/h6-7,19H,4-5H2,1-3H3,(H3,16,17)/b18-12+. The highest BCUT2D eigenvalue weighted by Crippen LogP contribution is 2.24. The first kappa shape index (κ1) is 14.7. The number of nitriles is 1. The van der Waals surface area contributed by atoms with Crippen molar-refractivity contribution in [2.45, 2.75) is 33.6 Å². The summed E-state index contributed by atoms with van der Waals surface area (Å²) < 4.78 is 0. The van der Waals surface area contributed by atoms with Gasteiger partial charge in [0, 0.05) is 0 Å². The Balaban J connectivity index is 3.20. The van der Waals surface area contributed by atoms with Gasteiger partial charge in [-0.1, -0.05) is 31.5 Å². The lowest BCUT2D eigenvalue weighted by Gasteiger charge is -2.14. The summed E-state index contributed by atoms with van der Waals surface area (Å²) in [6.45, 7) is 6.19. The first-order chi connectivity index (χ1) is 9.03. The molecule has 1 aromatic carbocycles. The Bertz CT molecular complexity index is 526. The maximum atomic E-state index is 8.83. The van der Waals surface area contributed by atoms with E-state index in [1.807, 2.05) is 0 Å². The summed E-state index contributed by atoms with van der Waals surface area (Å²) in [6, 6.07) is 5.98. The largest absolute Gasteiger partial charge is 0.382 e. The van der Waals surface area contributed by atoms with Crippen LogP contribution in [0.1, 0.15) is 30.5 Å². The lowest BCUT2D eigenvalue weighted by atomic mass is 10.00. The van der Waals surface area contributed by atoms with Gasteiger partial charge in [0.25, 0.3) is 0 Å². The molecule has 100 valence electrons. The zero-order chi connectivity index (χ0) is 14.4. The van der Waals surface area contributed by atoms with E-state index in [2.05, 4.69) is 43.4 Å². The highest BCUT2D eigenvalue weighted by Gasteiger charge is 2.08. The number of hydrogen-bond acceptors (Lipinski definition) is 4. The van der Waals surface area contributed by atoms with Crippen molar-refractivity contribution in [1.29, 1.82) is 10.7 Å². The van der Waals surface area contributed by atoms with Crippen molar-refractivity contribution in [3.63, 3.8) is 0 Å². The van der Waals surface area contributed by atoms with Gasteiger partial charge in [-0.2, -0.15) is 10.4 Å². The Kier molecular flexibility index (Phi) is 5.07. The number of nitrogens with one attached hydrogen (secondary N) is 2. The molecule has 1 aromatic rings. The van der Waals surface area contributed by atoms with Gasteiger partial charge in [-0.05, 0) is 30.9 Å². The Hall–Kier alpha value is -2.35. The number of anilines is 1. The molecule has 0 aromatic heterocycles. The van der Waals surface area contributed by atoms with Crippen molar-refractivity contribution < 1.29 is 0 Å². The summed E-state index contributed by atoms with van der Waals surface area (Å²) in [4.78, 5) is 0. The third-order valence-corrected chi connectivity index (χ3v) is 2.85. The molecule has 0 aliphatic rings. The van der Waals surface area contributed by atoms with Crippen LogP contribution in [0.15, 0.2) is 17.2 Å². The van der Waals surface area contributed by atoms with Crippen molar-refractivity contribution in [1.82, 2.24) is 0 Å². The van der Waals surface area contributed by atoms with Crippen LogP contribution in [-0.4, -0.2) is 11.5 Å². The van der Waals surface area contributed by atoms with Crippen molar-refractivity contribution >= 4 is 17.2 Å². The van der Waals surface area contributed by atoms with Crippen molar-refractivity contribution in [2.24, 2.45) is 10.8 Å². The van der Waals surface area contributed by atoms with E-state index in [0.29, 0.717) is 0 Å². The van der Waals surface area contributed by atoms with Gasteiger partial charge in [-0.3, -0.25) is 10.8 Å². The molecule has 0 aliphatic carbocycles. The van der Waals surface area contributed by atoms with Crippen LogP contribution in [0.4, 0.5) is 5.69 Å². The minimum Gasteiger partial charge on any atom is -0.382 e. The fourth-order valence-corrected chi connectivity index (χ4v) is 1.90. The topological polar surface area (TPSA) is 98.0 Å². The Morgan fingerprint density at radius 1 is 1.37 bits per heavy atom. The molecular weight excluding hydrogens is 238 g/mol. The van der Waals surface area contributed by atoms with Gasteiger partial charge in [0.2, 0.25) is 5.71 Å². The van der Waals surface area contributed by atoms with Crippen LogP contribution in [0.2, 0.25) is 0 Å². The molecule has 0 heterocycles. The van der Waals surface area contributed by atoms with E-state index in [1.54, 1.807) is 6.07 Å². The second-order valence-corrected chi connectivity index (χ2v) is 4.26. The van der Waals surface area contributed by atoms with E-state index in [9.17, 15) is 0 Å². The van der Waals surface area contributed by atoms with Gasteiger partial charge in [-0.15, -0.1) is 0 Å². The van der Waals surface area contributed by atoms with Crippen molar-refractivity contribution in [3.05, 3.63) is 28.8 Å². The number of nitrogens with two attached hydrogens (primary N) is 1. The zero-order valence-electron chi connectivity index (χ0n) is 11.5. The molecule has 0 aliphatic heterocycles. The second kappa shape index (κ2) is 6.55. The van der Waals surface area contributed by atoms with Gasteiger partial charge in [0.05, 0.1) is 5.69 Å². The predicted octanol–water partition coefficient (Wildman–Crippen LogP) is 2.35. The molecule has 0 radical (unpaired) electrons. The summed E-state index contributed by atoms with van der Waals surface area (Å²) in [5.74, 6) is -0.335. The molecule has 0 fully saturated rings. The van der Waals surface area contributed by atoms with Crippen LogP contribution < -0.4 is 11.2 Å². The summed E-state index contributed by atoms with van der Waals surface area (Å²) >= 11 is 0. The molecule has 0 unspecified atom stereocenters. The number of hydrogen-bond donors (Lipinski definition) is 3. The SMILES string of the molecule is CCc1cc(C)cc(CC)c1N/N=C(\C#N)C(=N)N. The van der Waals surface area contributed by atoms with E-state index < -0.39 is 0 Å². The van der Waals surface area contributed by atoms with Crippen molar-refractivity contribution in [2.75, 3.05) is 5.43 Å². The molecule has 1 rings (SSSR count). The first-order valence-corrected chi connectivity index (χ1v) is 6.24. The number of rotatable bonds is 5. The summed E-state index contributed by atoms with van der Waals surface area (Å²) in [6.07, 6.45) is 1.74. The van der Waals surface area contributed by atoms with Gasteiger partial charge in [-0.25, -0.2) is 0 Å². The van der Waals surface area contributed by atoms with E-state index in [-0.39, 0.29) is 11.5 Å². The van der Waals surface area contributed by atoms with E-state index >= 15 is 0 Å². The molecule has 4 N–H and O–H groups in total.